The van der Waals surface area contributed by atoms with E-state index in [0.717, 1.165) is 19.3 Å². The minimum absolute atomic E-state index is 0.240. The van der Waals surface area contributed by atoms with E-state index in [1.807, 2.05) is 12.1 Å². The van der Waals surface area contributed by atoms with Crippen LogP contribution in [0.5, 0.6) is 0 Å². The molecule has 14 heavy (non-hydrogen) atoms. The van der Waals surface area contributed by atoms with E-state index in [4.69, 9.17) is 28.3 Å². The monoisotopic (exact) mass is 230 g/mol. The van der Waals surface area contributed by atoms with Gasteiger partial charge in [0.05, 0.1) is 10.0 Å². The lowest BCUT2D eigenvalue weighted by molar-refractivity contribution is 0.275. The third-order valence-electron chi connectivity index (χ3n) is 2.89. The van der Waals surface area contributed by atoms with Gasteiger partial charge in [-0.1, -0.05) is 29.3 Å². The molecule has 1 aliphatic rings. The molecule has 0 fully saturated rings. The highest BCUT2D eigenvalue weighted by atomic mass is 35.5. The molecule has 0 heterocycles. The Labute approximate surface area is 93.7 Å². The van der Waals surface area contributed by atoms with Gasteiger partial charge in [0.2, 0.25) is 0 Å². The summed E-state index contributed by atoms with van der Waals surface area (Å²) >= 11 is 12.0. The van der Waals surface area contributed by atoms with Crippen LogP contribution < -0.4 is 0 Å². The average molecular weight is 231 g/mol. The van der Waals surface area contributed by atoms with E-state index >= 15 is 0 Å². The van der Waals surface area contributed by atoms with Crippen LogP contribution in [-0.2, 0) is 6.42 Å². The van der Waals surface area contributed by atoms with Crippen molar-refractivity contribution in [2.75, 3.05) is 6.61 Å². The first kappa shape index (κ1) is 10.3. The third-order valence-corrected chi connectivity index (χ3v) is 3.74. The Balaban J connectivity index is 2.37. The molecule has 0 aliphatic heterocycles. The van der Waals surface area contributed by atoms with Crippen molar-refractivity contribution >= 4 is 23.2 Å². The zero-order chi connectivity index (χ0) is 10.1. The molecule has 3 heteroatoms. The first-order valence-electron chi connectivity index (χ1n) is 4.81. The third kappa shape index (κ3) is 1.65. The smallest absolute Gasteiger partial charge is 0.0627 e. The fourth-order valence-electron chi connectivity index (χ4n) is 2.17. The minimum atomic E-state index is 0.240. The van der Waals surface area contributed by atoms with Crippen LogP contribution >= 0.6 is 23.2 Å². The molecule has 1 nitrogen and oxygen atoms in total. The highest BCUT2D eigenvalue weighted by Crippen LogP contribution is 2.41. The zero-order valence-electron chi connectivity index (χ0n) is 7.76. The van der Waals surface area contributed by atoms with Crippen molar-refractivity contribution in [1.82, 2.24) is 0 Å². The Bertz CT molecular complexity index is 349. The largest absolute Gasteiger partial charge is 0.396 e. The standard InChI is InChI=1S/C11H12Cl2O/c12-10-4-3-8-7(5-6-14)1-2-9(8)11(10)13/h3-4,7,14H,1-2,5-6H2. The molecule has 0 amide bonds. The highest BCUT2D eigenvalue weighted by Gasteiger charge is 2.24. The molecule has 1 aliphatic carbocycles. The summed E-state index contributed by atoms with van der Waals surface area (Å²) in [4.78, 5) is 0. The van der Waals surface area contributed by atoms with E-state index in [0.29, 0.717) is 16.0 Å². The van der Waals surface area contributed by atoms with E-state index in [1.165, 1.54) is 11.1 Å². The molecular formula is C11H12Cl2O. The van der Waals surface area contributed by atoms with E-state index in [2.05, 4.69) is 0 Å². The maximum absolute atomic E-state index is 8.92. The highest BCUT2D eigenvalue weighted by molar-refractivity contribution is 6.42. The second-order valence-electron chi connectivity index (χ2n) is 3.68. The molecule has 2 rings (SSSR count). The van der Waals surface area contributed by atoms with Gasteiger partial charge in [0.1, 0.15) is 0 Å². The maximum atomic E-state index is 8.92. The van der Waals surface area contributed by atoms with Gasteiger partial charge in [0, 0.05) is 6.61 Å². The van der Waals surface area contributed by atoms with Gasteiger partial charge in [-0.2, -0.15) is 0 Å². The van der Waals surface area contributed by atoms with E-state index in [-0.39, 0.29) is 6.61 Å². The van der Waals surface area contributed by atoms with Crippen LogP contribution in [0.3, 0.4) is 0 Å². The van der Waals surface area contributed by atoms with Crippen molar-refractivity contribution in [2.24, 2.45) is 0 Å². The summed E-state index contributed by atoms with van der Waals surface area (Å²) in [5.74, 6) is 0.463. The van der Waals surface area contributed by atoms with Crippen molar-refractivity contribution in [1.29, 1.82) is 0 Å². The Hall–Kier alpha value is -0.240. The molecule has 1 aromatic carbocycles. The first-order valence-corrected chi connectivity index (χ1v) is 5.57. The van der Waals surface area contributed by atoms with Gasteiger partial charge in [0.15, 0.2) is 0 Å². The van der Waals surface area contributed by atoms with Crippen molar-refractivity contribution in [3.8, 4) is 0 Å². The maximum Gasteiger partial charge on any atom is 0.0627 e. The Morgan fingerprint density at radius 2 is 2.14 bits per heavy atom. The Morgan fingerprint density at radius 3 is 2.86 bits per heavy atom. The van der Waals surface area contributed by atoms with Crippen LogP contribution in [0.15, 0.2) is 12.1 Å². The van der Waals surface area contributed by atoms with Crippen LogP contribution in [0.4, 0.5) is 0 Å². The molecule has 1 aromatic rings. The number of fused-ring (bicyclic) bond motifs is 1. The molecule has 1 atom stereocenters. The topological polar surface area (TPSA) is 20.2 Å². The molecule has 0 saturated carbocycles. The number of rotatable bonds is 2. The van der Waals surface area contributed by atoms with Crippen molar-refractivity contribution < 1.29 is 5.11 Å². The van der Waals surface area contributed by atoms with E-state index in [1.54, 1.807) is 0 Å². The molecule has 0 bridgehead atoms. The quantitative estimate of drug-likeness (QED) is 0.826. The van der Waals surface area contributed by atoms with Gasteiger partial charge in [-0.25, -0.2) is 0 Å². The summed E-state index contributed by atoms with van der Waals surface area (Å²) < 4.78 is 0. The number of hydrogen-bond acceptors (Lipinski definition) is 1. The van der Waals surface area contributed by atoms with Crippen LogP contribution in [0, 0.1) is 0 Å². The lowest BCUT2D eigenvalue weighted by atomic mass is 9.98. The molecule has 76 valence electrons. The lowest BCUT2D eigenvalue weighted by Gasteiger charge is -2.10. The Kier molecular flexibility index (Phi) is 3.01. The molecule has 1 N–H and O–H groups in total. The van der Waals surface area contributed by atoms with Crippen molar-refractivity contribution in [3.05, 3.63) is 33.3 Å². The number of aliphatic hydroxyl groups is 1. The number of halogens is 2. The Morgan fingerprint density at radius 1 is 1.36 bits per heavy atom. The van der Waals surface area contributed by atoms with E-state index in [9.17, 15) is 0 Å². The molecule has 0 spiro atoms. The van der Waals surface area contributed by atoms with Crippen LogP contribution in [0.1, 0.15) is 29.9 Å². The van der Waals surface area contributed by atoms with Gasteiger partial charge in [-0.05, 0) is 42.4 Å². The van der Waals surface area contributed by atoms with Gasteiger partial charge in [-0.3, -0.25) is 0 Å². The van der Waals surface area contributed by atoms with Gasteiger partial charge in [0.25, 0.3) is 0 Å². The summed E-state index contributed by atoms with van der Waals surface area (Å²) in [6.45, 7) is 0.240. The van der Waals surface area contributed by atoms with Gasteiger partial charge < -0.3 is 5.11 Å². The SMILES string of the molecule is OCCC1CCc2c1ccc(Cl)c2Cl. The summed E-state index contributed by atoms with van der Waals surface area (Å²) in [6, 6.07) is 3.88. The molecular weight excluding hydrogens is 219 g/mol. The van der Waals surface area contributed by atoms with Crippen LogP contribution in [-0.4, -0.2) is 11.7 Å². The van der Waals surface area contributed by atoms with Crippen LogP contribution in [0.25, 0.3) is 0 Å². The summed E-state index contributed by atoms with van der Waals surface area (Å²) in [5, 5.41) is 10.3. The summed E-state index contributed by atoms with van der Waals surface area (Å²) in [5.41, 5.74) is 2.45. The normalized spacial score (nSPS) is 19.8. The number of benzene rings is 1. The molecule has 0 radical (unpaired) electrons. The first-order chi connectivity index (χ1) is 6.74. The predicted molar refractivity (Wildman–Crippen MR) is 59.2 cm³/mol. The number of hydrogen-bond donors (Lipinski definition) is 1. The van der Waals surface area contributed by atoms with E-state index < -0.39 is 0 Å². The van der Waals surface area contributed by atoms with Gasteiger partial charge in [-0.15, -0.1) is 0 Å². The average Bonchev–Trinajstić information content (AvgIpc) is 2.57. The van der Waals surface area contributed by atoms with Crippen molar-refractivity contribution in [2.45, 2.75) is 25.2 Å². The predicted octanol–water partition coefficient (Wildman–Crippen LogP) is 3.41. The minimum Gasteiger partial charge on any atom is -0.396 e. The summed E-state index contributed by atoms with van der Waals surface area (Å²) in [6.07, 6.45) is 2.89. The second-order valence-corrected chi connectivity index (χ2v) is 4.46. The fourth-order valence-corrected chi connectivity index (χ4v) is 2.62. The fraction of sp³-hybridized carbons (Fsp3) is 0.455. The van der Waals surface area contributed by atoms with Crippen LogP contribution in [0.2, 0.25) is 10.0 Å². The number of aliphatic hydroxyl groups excluding tert-OH is 1. The molecule has 1 unspecified atom stereocenters. The lowest BCUT2D eigenvalue weighted by Crippen LogP contribution is -1.96. The van der Waals surface area contributed by atoms with Gasteiger partial charge >= 0.3 is 0 Å². The van der Waals surface area contributed by atoms with Crippen molar-refractivity contribution in [3.63, 3.8) is 0 Å². The molecule has 0 saturated heterocycles. The second kappa shape index (κ2) is 4.09. The molecule has 0 aromatic heterocycles. The summed E-state index contributed by atoms with van der Waals surface area (Å²) in [7, 11) is 0. The zero-order valence-corrected chi connectivity index (χ0v) is 9.28.